The number of benzene rings is 1. The fourth-order valence-electron chi connectivity index (χ4n) is 2.25. The highest BCUT2D eigenvalue weighted by Crippen LogP contribution is 2.28. The predicted molar refractivity (Wildman–Crippen MR) is 90.3 cm³/mol. The van der Waals surface area contributed by atoms with Crippen LogP contribution in [-0.2, 0) is 24.1 Å². The number of H-pyrrole nitrogens is 1. The lowest BCUT2D eigenvalue weighted by Gasteiger charge is -2.06. The molecule has 0 aliphatic rings. The van der Waals surface area contributed by atoms with E-state index in [4.69, 9.17) is 4.74 Å². The van der Waals surface area contributed by atoms with Gasteiger partial charge in [0.1, 0.15) is 18.1 Å². The molecule has 0 aliphatic carbocycles. The first-order valence-corrected chi connectivity index (χ1v) is 7.94. The number of alkyl carbamates (subject to hydrolysis) is 1. The first-order chi connectivity index (χ1) is 12.9. The lowest BCUT2D eigenvalue weighted by Crippen LogP contribution is -2.24. The Morgan fingerprint density at radius 2 is 1.85 bits per heavy atom. The van der Waals surface area contributed by atoms with Crippen LogP contribution in [-0.4, -0.2) is 21.0 Å². The van der Waals surface area contributed by atoms with E-state index >= 15 is 0 Å². The molecule has 1 aromatic carbocycles. The second-order valence-corrected chi connectivity index (χ2v) is 5.59. The Hall–Kier alpha value is -3.36. The fraction of sp³-hybridized carbons (Fsp3) is 0.167. The Balaban J connectivity index is 1.52. The Morgan fingerprint density at radius 1 is 1.07 bits per heavy atom. The van der Waals surface area contributed by atoms with Crippen molar-refractivity contribution in [3.8, 4) is 11.3 Å². The zero-order chi connectivity index (χ0) is 19.3. The van der Waals surface area contributed by atoms with Crippen LogP contribution in [0.15, 0.2) is 54.9 Å². The molecule has 2 N–H and O–H groups in total. The number of carbonyl (C=O) groups excluding carboxylic acids is 1. The largest absolute Gasteiger partial charge is 0.445 e. The number of aromatic nitrogens is 3. The van der Waals surface area contributed by atoms with Crippen LogP contribution >= 0.6 is 0 Å². The fourth-order valence-corrected chi connectivity index (χ4v) is 2.25. The standard InChI is InChI=1S/C18H15F3N4O2/c19-18(20,21)15-7-6-13(8-22-15)14-9-23-16(25-14)10-24-17(26)27-11-12-4-2-1-3-5-12/h1-9H,10-11H2,(H,23,25)(H,24,26). The molecule has 0 aliphatic heterocycles. The average Bonchev–Trinajstić information content (AvgIpc) is 3.14. The van der Waals surface area contributed by atoms with Crippen LogP contribution in [0.5, 0.6) is 0 Å². The molecule has 0 saturated carbocycles. The van der Waals surface area contributed by atoms with E-state index in [0.29, 0.717) is 17.1 Å². The number of nitrogens with one attached hydrogen (secondary N) is 2. The number of hydrogen-bond acceptors (Lipinski definition) is 4. The Labute approximate surface area is 152 Å². The molecular formula is C18H15F3N4O2. The van der Waals surface area contributed by atoms with Crippen molar-refractivity contribution in [1.82, 2.24) is 20.3 Å². The molecule has 2 aromatic heterocycles. The summed E-state index contributed by atoms with van der Waals surface area (Å²) in [6.45, 7) is 0.231. The predicted octanol–water partition coefficient (Wildman–Crippen LogP) is 3.92. The summed E-state index contributed by atoms with van der Waals surface area (Å²) >= 11 is 0. The highest BCUT2D eigenvalue weighted by molar-refractivity contribution is 5.67. The molecule has 0 unspecified atom stereocenters. The monoisotopic (exact) mass is 376 g/mol. The van der Waals surface area contributed by atoms with E-state index in [-0.39, 0.29) is 13.2 Å². The van der Waals surface area contributed by atoms with Crippen LogP contribution in [0.2, 0.25) is 0 Å². The summed E-state index contributed by atoms with van der Waals surface area (Å²) in [6.07, 6.45) is -2.52. The summed E-state index contributed by atoms with van der Waals surface area (Å²) in [7, 11) is 0. The van der Waals surface area contributed by atoms with Gasteiger partial charge < -0.3 is 15.0 Å². The second kappa shape index (κ2) is 7.90. The van der Waals surface area contributed by atoms with Crippen molar-refractivity contribution in [2.75, 3.05) is 0 Å². The molecule has 0 radical (unpaired) electrons. The molecule has 0 spiro atoms. The third-order valence-corrected chi connectivity index (χ3v) is 3.61. The molecule has 3 aromatic rings. The minimum Gasteiger partial charge on any atom is -0.445 e. The summed E-state index contributed by atoms with van der Waals surface area (Å²) < 4.78 is 42.7. The smallest absolute Gasteiger partial charge is 0.433 e. The quantitative estimate of drug-likeness (QED) is 0.707. The van der Waals surface area contributed by atoms with Gasteiger partial charge in [0.2, 0.25) is 0 Å². The molecule has 0 saturated heterocycles. The average molecular weight is 376 g/mol. The number of aromatic amines is 1. The van der Waals surface area contributed by atoms with Crippen molar-refractivity contribution in [3.05, 3.63) is 71.9 Å². The van der Waals surface area contributed by atoms with Crippen molar-refractivity contribution >= 4 is 6.09 Å². The van der Waals surface area contributed by atoms with Gasteiger partial charge in [-0.15, -0.1) is 0 Å². The second-order valence-electron chi connectivity index (χ2n) is 5.59. The maximum Gasteiger partial charge on any atom is 0.433 e. The minimum absolute atomic E-state index is 0.0850. The Bertz CT molecular complexity index is 893. The zero-order valence-corrected chi connectivity index (χ0v) is 14.0. The number of alkyl halides is 3. The van der Waals surface area contributed by atoms with E-state index in [9.17, 15) is 18.0 Å². The normalized spacial score (nSPS) is 11.2. The van der Waals surface area contributed by atoms with Crippen LogP contribution in [0.3, 0.4) is 0 Å². The molecule has 2 heterocycles. The van der Waals surface area contributed by atoms with Gasteiger partial charge in [-0.05, 0) is 17.7 Å². The van der Waals surface area contributed by atoms with Gasteiger partial charge in [0.25, 0.3) is 0 Å². The van der Waals surface area contributed by atoms with Crippen molar-refractivity contribution in [3.63, 3.8) is 0 Å². The lowest BCUT2D eigenvalue weighted by atomic mass is 10.2. The number of pyridine rings is 1. The van der Waals surface area contributed by atoms with Gasteiger partial charge in [0.15, 0.2) is 0 Å². The van der Waals surface area contributed by atoms with Gasteiger partial charge in [0, 0.05) is 11.8 Å². The molecule has 9 heteroatoms. The number of imidazole rings is 1. The number of hydrogen-bond donors (Lipinski definition) is 2. The van der Waals surface area contributed by atoms with Crippen LogP contribution in [0.25, 0.3) is 11.3 Å². The summed E-state index contributed by atoms with van der Waals surface area (Å²) in [5, 5.41) is 2.54. The first kappa shape index (κ1) is 18.4. The van der Waals surface area contributed by atoms with Gasteiger partial charge >= 0.3 is 12.3 Å². The molecule has 0 fully saturated rings. The van der Waals surface area contributed by atoms with E-state index in [1.807, 2.05) is 30.3 Å². The van der Waals surface area contributed by atoms with Gasteiger partial charge in [-0.2, -0.15) is 13.2 Å². The lowest BCUT2D eigenvalue weighted by molar-refractivity contribution is -0.141. The topological polar surface area (TPSA) is 79.9 Å². The van der Waals surface area contributed by atoms with Crippen molar-refractivity contribution in [2.24, 2.45) is 0 Å². The zero-order valence-electron chi connectivity index (χ0n) is 14.0. The van der Waals surface area contributed by atoms with Crippen LogP contribution < -0.4 is 5.32 Å². The van der Waals surface area contributed by atoms with Gasteiger partial charge in [-0.3, -0.25) is 4.98 Å². The molecule has 3 rings (SSSR count). The van der Waals surface area contributed by atoms with E-state index in [0.717, 1.165) is 17.8 Å². The SMILES string of the molecule is O=C(NCc1ncc(-c2ccc(C(F)(F)F)nc2)[nH]1)OCc1ccccc1. The van der Waals surface area contributed by atoms with E-state index in [2.05, 4.69) is 20.3 Å². The molecule has 0 bridgehead atoms. The molecule has 0 atom stereocenters. The van der Waals surface area contributed by atoms with Gasteiger partial charge in [0.05, 0.1) is 18.4 Å². The number of rotatable bonds is 5. The van der Waals surface area contributed by atoms with E-state index in [1.54, 1.807) is 0 Å². The van der Waals surface area contributed by atoms with E-state index < -0.39 is 18.0 Å². The maximum absolute atomic E-state index is 12.5. The summed E-state index contributed by atoms with van der Waals surface area (Å²) in [5.74, 6) is 0.432. The molecular weight excluding hydrogens is 361 g/mol. The third kappa shape index (κ3) is 5.06. The minimum atomic E-state index is -4.48. The first-order valence-electron chi connectivity index (χ1n) is 7.94. The molecule has 6 nitrogen and oxygen atoms in total. The number of nitrogens with zero attached hydrogens (tertiary/aromatic N) is 2. The van der Waals surface area contributed by atoms with E-state index in [1.165, 1.54) is 12.3 Å². The van der Waals surface area contributed by atoms with Gasteiger partial charge in [-0.1, -0.05) is 30.3 Å². The highest BCUT2D eigenvalue weighted by atomic mass is 19.4. The molecule has 27 heavy (non-hydrogen) atoms. The summed E-state index contributed by atoms with van der Waals surface area (Å²) in [5.41, 5.74) is 0.843. The molecule has 140 valence electrons. The van der Waals surface area contributed by atoms with Crippen LogP contribution in [0.4, 0.5) is 18.0 Å². The Morgan fingerprint density at radius 3 is 2.52 bits per heavy atom. The number of amides is 1. The number of halogens is 3. The highest BCUT2D eigenvalue weighted by Gasteiger charge is 2.32. The van der Waals surface area contributed by atoms with Gasteiger partial charge in [-0.25, -0.2) is 9.78 Å². The van der Waals surface area contributed by atoms with Crippen molar-refractivity contribution in [1.29, 1.82) is 0 Å². The van der Waals surface area contributed by atoms with Crippen LogP contribution in [0, 0.1) is 0 Å². The Kier molecular flexibility index (Phi) is 5.39. The summed E-state index contributed by atoms with van der Waals surface area (Å²) in [6, 6.07) is 11.4. The molecule has 1 amide bonds. The number of ether oxygens (including phenoxy) is 1. The third-order valence-electron chi connectivity index (χ3n) is 3.61. The number of carbonyl (C=O) groups is 1. The maximum atomic E-state index is 12.5. The van der Waals surface area contributed by atoms with Crippen LogP contribution in [0.1, 0.15) is 17.1 Å². The van der Waals surface area contributed by atoms with Crippen molar-refractivity contribution < 1.29 is 22.7 Å². The van der Waals surface area contributed by atoms with Crippen molar-refractivity contribution in [2.45, 2.75) is 19.3 Å². The summed E-state index contributed by atoms with van der Waals surface area (Å²) in [4.78, 5) is 22.1.